The van der Waals surface area contributed by atoms with Crippen LogP contribution in [0.3, 0.4) is 0 Å². The predicted octanol–water partition coefficient (Wildman–Crippen LogP) is 0.833. The molecule has 2 aromatic heterocycles. The molecular weight excluding hydrogens is 320 g/mol. The van der Waals surface area contributed by atoms with E-state index in [0.717, 1.165) is 55.7 Å². The molecule has 134 valence electrons. The molecule has 8 nitrogen and oxygen atoms in total. The Morgan fingerprint density at radius 1 is 1.32 bits per heavy atom. The second-order valence-electron chi connectivity index (χ2n) is 6.98. The highest BCUT2D eigenvalue weighted by atomic mass is 16.2. The number of nitrogens with one attached hydrogen (secondary N) is 1. The number of aromatic nitrogens is 5. The van der Waals surface area contributed by atoms with Crippen molar-refractivity contribution in [1.29, 1.82) is 0 Å². The number of hydrogen-bond acceptors (Lipinski definition) is 4. The molecule has 4 rings (SSSR count). The van der Waals surface area contributed by atoms with Gasteiger partial charge in [-0.2, -0.15) is 10.2 Å². The van der Waals surface area contributed by atoms with Gasteiger partial charge in [-0.15, -0.1) is 0 Å². The van der Waals surface area contributed by atoms with Crippen molar-refractivity contribution in [3.63, 3.8) is 0 Å². The van der Waals surface area contributed by atoms with Gasteiger partial charge in [0.2, 0.25) is 0 Å². The molecule has 1 fully saturated rings. The minimum atomic E-state index is -0.0916. The third-order valence-electron chi connectivity index (χ3n) is 5.44. The average molecular weight is 344 g/mol. The van der Waals surface area contributed by atoms with Gasteiger partial charge in [0.05, 0.1) is 0 Å². The number of piperidine rings is 1. The Kier molecular flexibility index (Phi) is 3.97. The van der Waals surface area contributed by atoms with E-state index in [2.05, 4.69) is 15.3 Å². The van der Waals surface area contributed by atoms with E-state index in [4.69, 9.17) is 0 Å². The summed E-state index contributed by atoms with van der Waals surface area (Å²) in [5.41, 5.74) is 2.70. The summed E-state index contributed by atoms with van der Waals surface area (Å²) in [7, 11) is 1.68. The van der Waals surface area contributed by atoms with Crippen LogP contribution in [0, 0.1) is 0 Å². The standard InChI is InChI=1S/C17H24N6O2/c1-3-23-15(20-21(2)17(23)25)11-6-5-9-22(10-11)16(24)14-12-7-4-8-13(12)18-19-14/h11H,3-10H2,1-2H3,(H,18,19)/t11-/m0/s1. The normalized spacial score (nSPS) is 20.1. The summed E-state index contributed by atoms with van der Waals surface area (Å²) in [6.07, 6.45) is 4.86. The Labute approximate surface area is 145 Å². The first-order chi connectivity index (χ1) is 12.1. The molecule has 0 saturated carbocycles. The quantitative estimate of drug-likeness (QED) is 0.893. The van der Waals surface area contributed by atoms with Crippen molar-refractivity contribution < 1.29 is 4.79 Å². The SMILES string of the molecule is CCn1c([C@H]2CCCN(C(=O)c3n[nH]c4c3CCC4)C2)nn(C)c1=O. The van der Waals surface area contributed by atoms with Crippen molar-refractivity contribution in [1.82, 2.24) is 29.4 Å². The molecule has 0 radical (unpaired) electrons. The molecule has 0 aromatic carbocycles. The Morgan fingerprint density at radius 2 is 2.16 bits per heavy atom. The summed E-state index contributed by atoms with van der Waals surface area (Å²) in [5.74, 6) is 0.892. The highest BCUT2D eigenvalue weighted by molar-refractivity contribution is 5.94. The topological polar surface area (TPSA) is 88.8 Å². The molecule has 0 bridgehead atoms. The van der Waals surface area contributed by atoms with E-state index in [1.54, 1.807) is 11.6 Å². The zero-order valence-electron chi connectivity index (χ0n) is 14.8. The lowest BCUT2D eigenvalue weighted by Crippen LogP contribution is -2.40. The molecule has 1 saturated heterocycles. The smallest absolute Gasteiger partial charge is 0.337 e. The van der Waals surface area contributed by atoms with Crippen molar-refractivity contribution in [3.8, 4) is 0 Å². The maximum Gasteiger partial charge on any atom is 0.345 e. The van der Waals surface area contributed by atoms with Crippen molar-refractivity contribution in [2.24, 2.45) is 7.05 Å². The van der Waals surface area contributed by atoms with Crippen LogP contribution in [0.25, 0.3) is 0 Å². The first-order valence-corrected chi connectivity index (χ1v) is 9.09. The third-order valence-corrected chi connectivity index (χ3v) is 5.44. The van der Waals surface area contributed by atoms with Crippen LogP contribution in [-0.4, -0.2) is 48.4 Å². The summed E-state index contributed by atoms with van der Waals surface area (Å²) < 4.78 is 3.10. The number of carbonyl (C=O) groups is 1. The van der Waals surface area contributed by atoms with Crippen molar-refractivity contribution in [2.45, 2.75) is 51.5 Å². The Bertz CT molecular complexity index is 861. The fraction of sp³-hybridized carbons (Fsp3) is 0.647. The van der Waals surface area contributed by atoms with Gasteiger partial charge in [0, 0.05) is 43.9 Å². The predicted molar refractivity (Wildman–Crippen MR) is 91.6 cm³/mol. The fourth-order valence-electron chi connectivity index (χ4n) is 4.14. The van der Waals surface area contributed by atoms with Gasteiger partial charge in [0.25, 0.3) is 5.91 Å². The molecule has 3 heterocycles. The number of H-pyrrole nitrogens is 1. The monoisotopic (exact) mass is 344 g/mol. The fourth-order valence-corrected chi connectivity index (χ4v) is 4.14. The van der Waals surface area contributed by atoms with Crippen molar-refractivity contribution in [3.05, 3.63) is 33.3 Å². The van der Waals surface area contributed by atoms with Crippen LogP contribution in [0.4, 0.5) is 0 Å². The number of fused-ring (bicyclic) bond motifs is 1. The molecule has 1 atom stereocenters. The van der Waals surface area contributed by atoms with E-state index in [-0.39, 0.29) is 17.5 Å². The van der Waals surface area contributed by atoms with Gasteiger partial charge in [-0.05, 0) is 39.0 Å². The van der Waals surface area contributed by atoms with Gasteiger partial charge in [0.1, 0.15) is 5.82 Å². The maximum absolute atomic E-state index is 13.0. The largest absolute Gasteiger partial charge is 0.345 e. The Hall–Kier alpha value is -2.38. The molecular formula is C17H24N6O2. The number of rotatable bonds is 3. The molecule has 0 unspecified atom stereocenters. The molecule has 1 aliphatic heterocycles. The lowest BCUT2D eigenvalue weighted by molar-refractivity contribution is 0.0696. The molecule has 2 aliphatic rings. The third kappa shape index (κ3) is 2.60. The molecule has 1 amide bonds. The maximum atomic E-state index is 13.0. The molecule has 2 aromatic rings. The van der Waals surface area contributed by atoms with E-state index in [1.807, 2.05) is 11.8 Å². The van der Waals surface area contributed by atoms with E-state index in [0.29, 0.717) is 18.8 Å². The van der Waals surface area contributed by atoms with Gasteiger partial charge in [-0.1, -0.05) is 0 Å². The number of carbonyl (C=O) groups excluding carboxylic acids is 1. The number of aromatic amines is 1. The molecule has 25 heavy (non-hydrogen) atoms. The van der Waals surface area contributed by atoms with Crippen molar-refractivity contribution >= 4 is 5.91 Å². The number of aryl methyl sites for hydroxylation is 2. The minimum absolute atomic E-state index is 0.00502. The van der Waals surface area contributed by atoms with Crippen LogP contribution in [-0.2, 0) is 26.4 Å². The van der Waals surface area contributed by atoms with E-state index in [1.165, 1.54) is 4.68 Å². The van der Waals surface area contributed by atoms with Crippen LogP contribution in [0.15, 0.2) is 4.79 Å². The number of hydrogen-bond donors (Lipinski definition) is 1. The van der Waals surface area contributed by atoms with Crippen LogP contribution in [0.1, 0.15) is 59.7 Å². The molecule has 0 spiro atoms. The Balaban J connectivity index is 1.58. The zero-order chi connectivity index (χ0) is 17.6. The van der Waals surface area contributed by atoms with Gasteiger partial charge in [-0.25, -0.2) is 9.48 Å². The highest BCUT2D eigenvalue weighted by Crippen LogP contribution is 2.28. The summed E-state index contributed by atoms with van der Waals surface area (Å²) in [5, 5.41) is 11.7. The highest BCUT2D eigenvalue weighted by Gasteiger charge is 2.32. The first-order valence-electron chi connectivity index (χ1n) is 9.09. The Morgan fingerprint density at radius 3 is 2.96 bits per heavy atom. The molecule has 8 heteroatoms. The van der Waals surface area contributed by atoms with Gasteiger partial charge in [-0.3, -0.25) is 14.5 Å². The van der Waals surface area contributed by atoms with Crippen LogP contribution >= 0.6 is 0 Å². The van der Waals surface area contributed by atoms with Gasteiger partial charge in [0.15, 0.2) is 5.69 Å². The second-order valence-corrected chi connectivity index (χ2v) is 6.98. The average Bonchev–Trinajstić information content (AvgIpc) is 3.30. The van der Waals surface area contributed by atoms with Crippen molar-refractivity contribution in [2.75, 3.05) is 13.1 Å². The number of amides is 1. The van der Waals surface area contributed by atoms with E-state index in [9.17, 15) is 9.59 Å². The van der Waals surface area contributed by atoms with Crippen LogP contribution in [0.2, 0.25) is 0 Å². The molecule has 1 aliphatic carbocycles. The summed E-state index contributed by atoms with van der Waals surface area (Å²) in [6.45, 7) is 3.88. The number of nitrogens with zero attached hydrogens (tertiary/aromatic N) is 5. The molecule has 1 N–H and O–H groups in total. The van der Waals surface area contributed by atoms with Crippen LogP contribution < -0.4 is 5.69 Å². The minimum Gasteiger partial charge on any atom is -0.337 e. The lowest BCUT2D eigenvalue weighted by atomic mass is 9.96. The lowest BCUT2D eigenvalue weighted by Gasteiger charge is -2.32. The number of likely N-dealkylation sites (tertiary alicyclic amines) is 1. The van der Waals surface area contributed by atoms with Gasteiger partial charge >= 0.3 is 5.69 Å². The van der Waals surface area contributed by atoms with Crippen LogP contribution in [0.5, 0.6) is 0 Å². The van der Waals surface area contributed by atoms with E-state index >= 15 is 0 Å². The summed E-state index contributed by atoms with van der Waals surface area (Å²) >= 11 is 0. The zero-order valence-corrected chi connectivity index (χ0v) is 14.8. The summed E-state index contributed by atoms with van der Waals surface area (Å²) in [4.78, 5) is 27.0. The first kappa shape index (κ1) is 16.1. The summed E-state index contributed by atoms with van der Waals surface area (Å²) in [6, 6.07) is 0. The second kappa shape index (κ2) is 6.16. The van der Waals surface area contributed by atoms with Gasteiger partial charge < -0.3 is 4.90 Å². The van der Waals surface area contributed by atoms with E-state index < -0.39 is 0 Å².